The van der Waals surface area contributed by atoms with E-state index in [1.807, 2.05) is 6.92 Å². The first-order valence-corrected chi connectivity index (χ1v) is 7.98. The van der Waals surface area contributed by atoms with Gasteiger partial charge in [-0.25, -0.2) is 0 Å². The fourth-order valence-corrected chi connectivity index (χ4v) is 2.27. The number of aryl methyl sites for hydroxylation is 1. The van der Waals surface area contributed by atoms with Crippen LogP contribution in [0.3, 0.4) is 0 Å². The lowest BCUT2D eigenvalue weighted by atomic mass is 10.2. The summed E-state index contributed by atoms with van der Waals surface area (Å²) in [6.45, 7) is 1.22. The Kier molecular flexibility index (Phi) is 6.58. The van der Waals surface area contributed by atoms with Gasteiger partial charge in [-0.05, 0) is 26.0 Å². The van der Waals surface area contributed by atoms with Crippen molar-refractivity contribution in [2.45, 2.75) is 33.4 Å². The van der Waals surface area contributed by atoms with Crippen LogP contribution in [0.15, 0.2) is 24.4 Å². The molecule has 0 spiro atoms. The van der Waals surface area contributed by atoms with E-state index in [0.29, 0.717) is 17.3 Å². The average molecular weight is 374 g/mol. The van der Waals surface area contributed by atoms with Crippen LogP contribution in [0.2, 0.25) is 5.02 Å². The van der Waals surface area contributed by atoms with Gasteiger partial charge in [0.25, 0.3) is 0 Å². The molecular weight excluding hydrogens is 356 g/mol. The van der Waals surface area contributed by atoms with Crippen molar-refractivity contribution in [1.29, 1.82) is 0 Å². The SMILES string of the molecule is CCOc1cc(NC(=O)CCn2ncc(Cl)c2C)ccc1OC(F)F. The maximum absolute atomic E-state index is 12.4. The molecule has 0 saturated carbocycles. The molecule has 0 bridgehead atoms. The number of anilines is 1. The zero-order chi connectivity index (χ0) is 18.4. The van der Waals surface area contributed by atoms with E-state index < -0.39 is 6.61 Å². The second-order valence-corrected chi connectivity index (χ2v) is 5.48. The van der Waals surface area contributed by atoms with Gasteiger partial charge in [0.2, 0.25) is 5.91 Å². The van der Waals surface area contributed by atoms with E-state index in [1.54, 1.807) is 11.6 Å². The Morgan fingerprint density at radius 3 is 2.76 bits per heavy atom. The number of nitrogens with one attached hydrogen (secondary N) is 1. The van der Waals surface area contributed by atoms with Crippen LogP contribution in [0.25, 0.3) is 0 Å². The van der Waals surface area contributed by atoms with Crippen LogP contribution in [0.4, 0.5) is 14.5 Å². The number of nitrogens with zero attached hydrogens (tertiary/aromatic N) is 2. The van der Waals surface area contributed by atoms with Crippen LogP contribution >= 0.6 is 11.6 Å². The molecule has 0 aliphatic carbocycles. The van der Waals surface area contributed by atoms with Crippen LogP contribution in [0, 0.1) is 6.92 Å². The fraction of sp³-hybridized carbons (Fsp3) is 0.375. The molecule has 9 heteroatoms. The number of hydrogen-bond donors (Lipinski definition) is 1. The van der Waals surface area contributed by atoms with Gasteiger partial charge in [-0.3, -0.25) is 9.48 Å². The zero-order valence-corrected chi connectivity index (χ0v) is 14.5. The van der Waals surface area contributed by atoms with Crippen LogP contribution < -0.4 is 14.8 Å². The highest BCUT2D eigenvalue weighted by Gasteiger charge is 2.13. The van der Waals surface area contributed by atoms with Gasteiger partial charge in [-0.15, -0.1) is 0 Å². The Balaban J connectivity index is 1.99. The van der Waals surface area contributed by atoms with Crippen molar-refractivity contribution in [3.05, 3.63) is 35.1 Å². The third-order valence-corrected chi connectivity index (χ3v) is 3.71. The molecular formula is C16H18ClF2N3O3. The second-order valence-electron chi connectivity index (χ2n) is 5.07. The highest BCUT2D eigenvalue weighted by molar-refractivity contribution is 6.31. The van der Waals surface area contributed by atoms with Gasteiger partial charge in [-0.2, -0.15) is 13.9 Å². The van der Waals surface area contributed by atoms with Crippen molar-refractivity contribution < 1.29 is 23.0 Å². The standard InChI is InChI=1S/C16H18ClF2N3O3/c1-3-24-14-8-11(4-5-13(14)25-16(18)19)21-15(23)6-7-22-10(2)12(17)9-20-22/h4-5,8-9,16H,3,6-7H2,1-2H3,(H,21,23). The molecule has 0 fully saturated rings. The molecule has 136 valence electrons. The van der Waals surface area contributed by atoms with E-state index in [1.165, 1.54) is 24.4 Å². The number of halogens is 3. The summed E-state index contributed by atoms with van der Waals surface area (Å²) >= 11 is 5.91. The summed E-state index contributed by atoms with van der Waals surface area (Å²) in [5.74, 6) is -0.206. The number of rotatable bonds is 8. The Hall–Kier alpha value is -2.35. The number of alkyl halides is 2. The average Bonchev–Trinajstić information content (AvgIpc) is 2.87. The second kappa shape index (κ2) is 8.66. The lowest BCUT2D eigenvalue weighted by molar-refractivity contribution is -0.116. The molecule has 2 rings (SSSR count). The van der Waals surface area contributed by atoms with Crippen LogP contribution in [0.1, 0.15) is 19.0 Å². The Morgan fingerprint density at radius 2 is 2.16 bits per heavy atom. The summed E-state index contributed by atoms with van der Waals surface area (Å²) in [5, 5.41) is 7.29. The molecule has 0 atom stereocenters. The molecule has 25 heavy (non-hydrogen) atoms. The van der Waals surface area contributed by atoms with Crippen molar-refractivity contribution >= 4 is 23.2 Å². The molecule has 0 unspecified atom stereocenters. The van der Waals surface area contributed by atoms with Gasteiger partial charge in [0.05, 0.1) is 30.1 Å². The summed E-state index contributed by atoms with van der Waals surface area (Å²) < 4.78 is 36.0. The zero-order valence-electron chi connectivity index (χ0n) is 13.8. The fourth-order valence-electron chi connectivity index (χ4n) is 2.13. The first-order valence-electron chi connectivity index (χ1n) is 7.60. The van der Waals surface area contributed by atoms with E-state index in [0.717, 1.165) is 5.69 Å². The number of benzene rings is 1. The maximum atomic E-state index is 12.4. The monoisotopic (exact) mass is 373 g/mol. The van der Waals surface area contributed by atoms with Crippen molar-refractivity contribution in [2.75, 3.05) is 11.9 Å². The number of aromatic nitrogens is 2. The molecule has 0 aliphatic rings. The summed E-state index contributed by atoms with van der Waals surface area (Å²) in [6, 6.07) is 4.23. The lowest BCUT2D eigenvalue weighted by Gasteiger charge is -2.13. The molecule has 0 aliphatic heterocycles. The summed E-state index contributed by atoms with van der Waals surface area (Å²) in [5.41, 5.74) is 1.20. The highest BCUT2D eigenvalue weighted by Crippen LogP contribution is 2.31. The summed E-state index contributed by atoms with van der Waals surface area (Å²) in [7, 11) is 0. The first-order chi connectivity index (χ1) is 11.9. The number of amides is 1. The van der Waals surface area contributed by atoms with Crippen molar-refractivity contribution in [2.24, 2.45) is 0 Å². The number of hydrogen-bond acceptors (Lipinski definition) is 4. The normalized spacial score (nSPS) is 10.8. The van der Waals surface area contributed by atoms with E-state index in [4.69, 9.17) is 16.3 Å². The first kappa shape index (κ1) is 19.0. The molecule has 2 aromatic rings. The topological polar surface area (TPSA) is 65.4 Å². The van der Waals surface area contributed by atoms with E-state index >= 15 is 0 Å². The Morgan fingerprint density at radius 1 is 1.40 bits per heavy atom. The lowest BCUT2D eigenvalue weighted by Crippen LogP contribution is -2.15. The van der Waals surface area contributed by atoms with Crippen molar-refractivity contribution in [1.82, 2.24) is 9.78 Å². The molecule has 1 N–H and O–H groups in total. The quantitative estimate of drug-likeness (QED) is 0.762. The minimum atomic E-state index is -2.95. The number of carbonyl (C=O) groups excluding carboxylic acids is 1. The van der Waals surface area contributed by atoms with Crippen molar-refractivity contribution in [3.8, 4) is 11.5 Å². The molecule has 1 aromatic heterocycles. The smallest absolute Gasteiger partial charge is 0.387 e. The maximum Gasteiger partial charge on any atom is 0.387 e. The predicted octanol–water partition coefficient (Wildman–Crippen LogP) is 3.87. The van der Waals surface area contributed by atoms with Crippen LogP contribution in [-0.4, -0.2) is 28.9 Å². The Bertz CT molecular complexity index is 737. The van der Waals surface area contributed by atoms with E-state index in [9.17, 15) is 13.6 Å². The third kappa shape index (κ3) is 5.32. The third-order valence-electron chi connectivity index (χ3n) is 3.34. The van der Waals surface area contributed by atoms with Gasteiger partial charge in [0, 0.05) is 18.2 Å². The molecule has 6 nitrogen and oxygen atoms in total. The van der Waals surface area contributed by atoms with Gasteiger partial charge in [-0.1, -0.05) is 11.6 Å². The van der Waals surface area contributed by atoms with E-state index in [2.05, 4.69) is 15.2 Å². The summed E-state index contributed by atoms with van der Waals surface area (Å²) in [4.78, 5) is 12.1. The van der Waals surface area contributed by atoms with Gasteiger partial charge in [0.15, 0.2) is 11.5 Å². The van der Waals surface area contributed by atoms with Crippen LogP contribution in [-0.2, 0) is 11.3 Å². The predicted molar refractivity (Wildman–Crippen MR) is 89.5 cm³/mol. The minimum absolute atomic E-state index is 0.0864. The molecule has 1 heterocycles. The molecule has 0 radical (unpaired) electrons. The molecule has 1 aromatic carbocycles. The minimum Gasteiger partial charge on any atom is -0.490 e. The summed E-state index contributed by atoms with van der Waals surface area (Å²) in [6.07, 6.45) is 1.70. The largest absolute Gasteiger partial charge is 0.490 e. The number of carbonyl (C=O) groups is 1. The molecule has 0 saturated heterocycles. The van der Waals surface area contributed by atoms with Gasteiger partial charge >= 0.3 is 6.61 Å². The van der Waals surface area contributed by atoms with Crippen molar-refractivity contribution in [3.63, 3.8) is 0 Å². The van der Waals surface area contributed by atoms with Crippen LogP contribution in [0.5, 0.6) is 11.5 Å². The van der Waals surface area contributed by atoms with E-state index in [-0.39, 0.29) is 30.4 Å². The van der Waals surface area contributed by atoms with Gasteiger partial charge in [0.1, 0.15) is 0 Å². The highest BCUT2D eigenvalue weighted by atomic mass is 35.5. The Labute approximate surface area is 148 Å². The van der Waals surface area contributed by atoms with Gasteiger partial charge < -0.3 is 14.8 Å². The molecule has 1 amide bonds. The number of ether oxygens (including phenoxy) is 2.